The quantitative estimate of drug-likeness (QED) is 0.668. The molecule has 1 aliphatic carbocycles. The van der Waals surface area contributed by atoms with Gasteiger partial charge in [-0.05, 0) is 30.4 Å². The molecule has 2 rings (SSSR count). The molecule has 1 aliphatic rings. The van der Waals surface area contributed by atoms with Gasteiger partial charge in [0.05, 0.1) is 33.0 Å². The summed E-state index contributed by atoms with van der Waals surface area (Å²) in [5, 5.41) is 3.59. The molecule has 1 atom stereocenters. The summed E-state index contributed by atoms with van der Waals surface area (Å²) in [6, 6.07) is 9.35. The van der Waals surface area contributed by atoms with Crippen LogP contribution in [0.2, 0.25) is 0 Å². The molecule has 0 amide bonds. The Bertz CT molecular complexity index is 397. The van der Waals surface area contributed by atoms with Crippen molar-refractivity contribution in [1.82, 2.24) is 5.32 Å². The zero-order chi connectivity index (χ0) is 14.8. The van der Waals surface area contributed by atoms with Crippen molar-refractivity contribution < 1.29 is 14.2 Å². The maximum Gasteiger partial charge on any atom is 0.0701 e. The minimum atomic E-state index is 0.585. The zero-order valence-corrected chi connectivity index (χ0v) is 13.0. The zero-order valence-electron chi connectivity index (χ0n) is 13.0. The number of hydrogen-bond donors (Lipinski definition) is 1. The van der Waals surface area contributed by atoms with Gasteiger partial charge in [-0.1, -0.05) is 24.3 Å². The van der Waals surface area contributed by atoms with E-state index in [4.69, 9.17) is 14.2 Å². The van der Waals surface area contributed by atoms with Crippen LogP contribution in [0.1, 0.15) is 17.5 Å². The van der Waals surface area contributed by atoms with Crippen molar-refractivity contribution in [2.75, 3.05) is 46.7 Å². The van der Waals surface area contributed by atoms with Crippen LogP contribution in [-0.2, 0) is 27.1 Å². The first-order valence-electron chi connectivity index (χ1n) is 7.84. The molecule has 4 nitrogen and oxygen atoms in total. The molecule has 1 unspecified atom stereocenters. The lowest BCUT2D eigenvalue weighted by molar-refractivity contribution is 0.0251. The lowest BCUT2D eigenvalue weighted by atomic mass is 9.88. The van der Waals surface area contributed by atoms with Gasteiger partial charge in [-0.3, -0.25) is 0 Å². The molecule has 0 bridgehead atoms. The lowest BCUT2D eigenvalue weighted by Crippen LogP contribution is -2.36. The summed E-state index contributed by atoms with van der Waals surface area (Å²) >= 11 is 0. The van der Waals surface area contributed by atoms with E-state index in [-0.39, 0.29) is 0 Å². The molecular formula is C17H27NO3. The van der Waals surface area contributed by atoms with E-state index >= 15 is 0 Å². The smallest absolute Gasteiger partial charge is 0.0701 e. The number of rotatable bonds is 10. The highest BCUT2D eigenvalue weighted by molar-refractivity contribution is 5.30. The molecule has 0 spiro atoms. The molecule has 1 N–H and O–H groups in total. The summed E-state index contributed by atoms with van der Waals surface area (Å²) in [6.45, 7) is 4.22. The van der Waals surface area contributed by atoms with Crippen molar-refractivity contribution in [2.24, 2.45) is 0 Å². The number of hydrogen-bond acceptors (Lipinski definition) is 4. The Kier molecular flexibility index (Phi) is 7.75. The minimum Gasteiger partial charge on any atom is -0.382 e. The Balaban J connectivity index is 1.49. The van der Waals surface area contributed by atoms with Gasteiger partial charge < -0.3 is 19.5 Å². The third kappa shape index (κ3) is 6.14. The number of fused-ring (bicyclic) bond motifs is 1. The molecule has 118 valence electrons. The molecule has 0 saturated heterocycles. The number of ether oxygens (including phenoxy) is 3. The number of methoxy groups -OCH3 is 1. The first kappa shape index (κ1) is 16.4. The molecule has 21 heavy (non-hydrogen) atoms. The van der Waals surface area contributed by atoms with Crippen LogP contribution in [0.3, 0.4) is 0 Å². The maximum atomic E-state index is 5.55. The second kappa shape index (κ2) is 9.90. The Morgan fingerprint density at radius 1 is 1.00 bits per heavy atom. The Hall–Kier alpha value is -0.940. The molecule has 0 heterocycles. The minimum absolute atomic E-state index is 0.585. The highest BCUT2D eigenvalue weighted by atomic mass is 16.5. The van der Waals surface area contributed by atoms with Crippen molar-refractivity contribution in [1.29, 1.82) is 0 Å². The molecule has 0 saturated carbocycles. The molecule has 0 aliphatic heterocycles. The van der Waals surface area contributed by atoms with Gasteiger partial charge in [-0.25, -0.2) is 0 Å². The fourth-order valence-corrected chi connectivity index (χ4v) is 2.67. The summed E-state index contributed by atoms with van der Waals surface area (Å²) in [5.74, 6) is 0. The van der Waals surface area contributed by atoms with Gasteiger partial charge >= 0.3 is 0 Å². The fourth-order valence-electron chi connectivity index (χ4n) is 2.67. The van der Waals surface area contributed by atoms with E-state index in [1.807, 2.05) is 0 Å². The van der Waals surface area contributed by atoms with Gasteiger partial charge in [0.2, 0.25) is 0 Å². The third-order valence-electron chi connectivity index (χ3n) is 3.83. The van der Waals surface area contributed by atoms with E-state index < -0.39 is 0 Å². The van der Waals surface area contributed by atoms with E-state index in [0.717, 1.165) is 19.6 Å². The van der Waals surface area contributed by atoms with Crippen LogP contribution in [-0.4, -0.2) is 52.7 Å². The Labute approximate surface area is 127 Å². The van der Waals surface area contributed by atoms with E-state index in [2.05, 4.69) is 29.6 Å². The average Bonchev–Trinajstić information content (AvgIpc) is 2.53. The second-order valence-electron chi connectivity index (χ2n) is 5.38. The predicted molar refractivity (Wildman–Crippen MR) is 83.8 cm³/mol. The lowest BCUT2D eigenvalue weighted by Gasteiger charge is -2.25. The fraction of sp³-hybridized carbons (Fsp3) is 0.647. The van der Waals surface area contributed by atoms with E-state index in [0.29, 0.717) is 32.5 Å². The average molecular weight is 293 g/mol. The second-order valence-corrected chi connectivity index (χ2v) is 5.38. The van der Waals surface area contributed by atoms with Crippen LogP contribution >= 0.6 is 0 Å². The summed E-state index contributed by atoms with van der Waals surface area (Å²) in [5.41, 5.74) is 3.01. The van der Waals surface area contributed by atoms with Gasteiger partial charge in [0.25, 0.3) is 0 Å². The van der Waals surface area contributed by atoms with Gasteiger partial charge in [-0.15, -0.1) is 0 Å². The summed E-state index contributed by atoms with van der Waals surface area (Å²) in [6.07, 6.45) is 3.54. The number of benzene rings is 1. The first-order valence-corrected chi connectivity index (χ1v) is 7.84. The van der Waals surface area contributed by atoms with E-state index in [1.165, 1.54) is 24.0 Å². The molecular weight excluding hydrogens is 266 g/mol. The summed E-state index contributed by atoms with van der Waals surface area (Å²) in [7, 11) is 1.68. The maximum absolute atomic E-state index is 5.55. The number of aryl methyl sites for hydroxylation is 1. The van der Waals surface area contributed by atoms with Crippen molar-refractivity contribution in [3.05, 3.63) is 35.4 Å². The summed E-state index contributed by atoms with van der Waals surface area (Å²) in [4.78, 5) is 0. The van der Waals surface area contributed by atoms with Crippen molar-refractivity contribution in [2.45, 2.75) is 25.3 Å². The van der Waals surface area contributed by atoms with Crippen molar-refractivity contribution in [3.63, 3.8) is 0 Å². The molecule has 1 aromatic carbocycles. The van der Waals surface area contributed by atoms with Crippen molar-refractivity contribution in [3.8, 4) is 0 Å². The highest BCUT2D eigenvalue weighted by Gasteiger charge is 2.17. The standard InChI is InChI=1S/C17H27NO3/c1-19-10-11-21-13-12-20-9-8-18-17-7-6-15-4-2-3-5-16(15)14-17/h2-5,17-18H,6-14H2,1H3. The molecule has 4 heteroatoms. The number of nitrogens with one attached hydrogen (secondary N) is 1. The first-order chi connectivity index (χ1) is 10.4. The SMILES string of the molecule is COCCOCCOCCNC1CCc2ccccc2C1. The van der Waals surface area contributed by atoms with Gasteiger partial charge in [0.1, 0.15) is 0 Å². The topological polar surface area (TPSA) is 39.7 Å². The largest absolute Gasteiger partial charge is 0.382 e. The van der Waals surface area contributed by atoms with Crippen molar-refractivity contribution >= 4 is 0 Å². The van der Waals surface area contributed by atoms with Gasteiger partial charge in [-0.2, -0.15) is 0 Å². The summed E-state index contributed by atoms with van der Waals surface area (Å²) < 4.78 is 15.8. The monoisotopic (exact) mass is 293 g/mol. The van der Waals surface area contributed by atoms with Crippen LogP contribution in [0.25, 0.3) is 0 Å². The Morgan fingerprint density at radius 3 is 2.52 bits per heavy atom. The van der Waals surface area contributed by atoms with Crippen LogP contribution in [0, 0.1) is 0 Å². The third-order valence-corrected chi connectivity index (χ3v) is 3.83. The van der Waals surface area contributed by atoms with E-state index in [9.17, 15) is 0 Å². The van der Waals surface area contributed by atoms with Crippen LogP contribution in [0.5, 0.6) is 0 Å². The Morgan fingerprint density at radius 2 is 1.71 bits per heavy atom. The predicted octanol–water partition coefficient (Wildman–Crippen LogP) is 1.81. The van der Waals surface area contributed by atoms with E-state index in [1.54, 1.807) is 7.11 Å². The highest BCUT2D eigenvalue weighted by Crippen LogP contribution is 2.20. The molecule has 0 fully saturated rings. The van der Waals surface area contributed by atoms with Crippen LogP contribution < -0.4 is 5.32 Å². The van der Waals surface area contributed by atoms with Gasteiger partial charge in [0.15, 0.2) is 0 Å². The van der Waals surface area contributed by atoms with Crippen LogP contribution in [0.15, 0.2) is 24.3 Å². The normalized spacial score (nSPS) is 17.7. The van der Waals surface area contributed by atoms with Gasteiger partial charge in [0, 0.05) is 19.7 Å². The van der Waals surface area contributed by atoms with Crippen LogP contribution in [0.4, 0.5) is 0 Å². The molecule has 0 radical (unpaired) electrons. The molecule has 0 aromatic heterocycles. The molecule has 1 aromatic rings.